The number of hydrogen-bond acceptors (Lipinski definition) is 3. The van der Waals surface area contributed by atoms with E-state index in [9.17, 15) is 9.59 Å². The monoisotopic (exact) mass is 400 g/mol. The number of nitrogens with zero attached hydrogens (tertiary/aromatic N) is 1. The van der Waals surface area contributed by atoms with E-state index in [1.165, 1.54) is 11.2 Å². The van der Waals surface area contributed by atoms with Crippen molar-refractivity contribution in [1.82, 2.24) is 0 Å². The number of hydrogen-bond donors (Lipinski definition) is 1. The van der Waals surface area contributed by atoms with E-state index >= 15 is 0 Å². The van der Waals surface area contributed by atoms with E-state index in [-0.39, 0.29) is 18.2 Å². The molecule has 1 atom stereocenters. The van der Waals surface area contributed by atoms with Crippen molar-refractivity contribution in [1.29, 1.82) is 0 Å². The highest BCUT2D eigenvalue weighted by atomic mass is 35.5. The zero-order chi connectivity index (χ0) is 19.0. The Morgan fingerprint density at radius 2 is 1.63 bits per heavy atom. The molecule has 1 N–H and O–H groups in total. The van der Waals surface area contributed by atoms with Crippen molar-refractivity contribution in [3.8, 4) is 0 Å². The SMILES string of the molecule is O=C1CC(C(=O)Nc2ccc(Cl)cc2)(c2ccco2)N1c1ccc(Cl)cc1. The Kier molecular flexibility index (Phi) is 4.42. The van der Waals surface area contributed by atoms with E-state index in [1.54, 1.807) is 60.7 Å². The molecular weight excluding hydrogens is 387 g/mol. The predicted molar refractivity (Wildman–Crippen MR) is 104 cm³/mol. The van der Waals surface area contributed by atoms with Gasteiger partial charge in [-0.2, -0.15) is 0 Å². The fraction of sp³-hybridized carbons (Fsp3) is 0.100. The Balaban J connectivity index is 1.74. The van der Waals surface area contributed by atoms with Crippen LogP contribution < -0.4 is 10.2 Å². The van der Waals surface area contributed by atoms with Crippen molar-refractivity contribution in [3.63, 3.8) is 0 Å². The van der Waals surface area contributed by atoms with E-state index in [4.69, 9.17) is 27.6 Å². The zero-order valence-electron chi connectivity index (χ0n) is 14.0. The molecule has 0 radical (unpaired) electrons. The lowest BCUT2D eigenvalue weighted by Gasteiger charge is -2.48. The topological polar surface area (TPSA) is 62.6 Å². The minimum atomic E-state index is -1.27. The highest BCUT2D eigenvalue weighted by Crippen LogP contribution is 2.46. The zero-order valence-corrected chi connectivity index (χ0v) is 15.5. The molecule has 136 valence electrons. The van der Waals surface area contributed by atoms with Gasteiger partial charge in [0.25, 0.3) is 5.91 Å². The first kappa shape index (κ1) is 17.6. The van der Waals surface area contributed by atoms with Crippen LogP contribution in [0.5, 0.6) is 0 Å². The summed E-state index contributed by atoms with van der Waals surface area (Å²) in [6.07, 6.45) is 1.48. The molecule has 3 aromatic rings. The van der Waals surface area contributed by atoms with Gasteiger partial charge in [0.1, 0.15) is 5.76 Å². The minimum Gasteiger partial charge on any atom is -0.466 e. The van der Waals surface area contributed by atoms with Gasteiger partial charge in [-0.1, -0.05) is 23.2 Å². The molecule has 0 spiro atoms. The number of halogens is 2. The van der Waals surface area contributed by atoms with Gasteiger partial charge >= 0.3 is 0 Å². The van der Waals surface area contributed by atoms with Crippen molar-refractivity contribution >= 4 is 46.4 Å². The molecule has 1 fully saturated rings. The molecule has 2 heterocycles. The number of carbonyl (C=O) groups is 2. The third-order valence-electron chi connectivity index (χ3n) is 4.53. The first-order valence-corrected chi connectivity index (χ1v) is 8.96. The Bertz CT molecular complexity index is 985. The van der Waals surface area contributed by atoms with E-state index in [1.807, 2.05) is 0 Å². The fourth-order valence-corrected chi connectivity index (χ4v) is 3.48. The average Bonchev–Trinajstić information content (AvgIpc) is 3.18. The smallest absolute Gasteiger partial charge is 0.259 e. The molecular formula is C20H14Cl2N2O3. The Morgan fingerprint density at radius 3 is 2.19 bits per heavy atom. The van der Waals surface area contributed by atoms with E-state index in [2.05, 4.69) is 5.32 Å². The van der Waals surface area contributed by atoms with Crippen LogP contribution in [0.2, 0.25) is 10.0 Å². The molecule has 0 bridgehead atoms. The van der Waals surface area contributed by atoms with Crippen molar-refractivity contribution in [2.45, 2.75) is 12.0 Å². The van der Waals surface area contributed by atoms with Crippen molar-refractivity contribution in [2.24, 2.45) is 0 Å². The molecule has 27 heavy (non-hydrogen) atoms. The van der Waals surface area contributed by atoms with Gasteiger partial charge in [-0.05, 0) is 60.7 Å². The highest BCUT2D eigenvalue weighted by molar-refractivity contribution is 6.31. The summed E-state index contributed by atoms with van der Waals surface area (Å²) >= 11 is 11.9. The largest absolute Gasteiger partial charge is 0.466 e. The van der Waals surface area contributed by atoms with Gasteiger partial charge in [0.15, 0.2) is 5.54 Å². The number of anilines is 2. The first-order chi connectivity index (χ1) is 13.0. The Hall–Kier alpha value is -2.76. The average molecular weight is 401 g/mol. The van der Waals surface area contributed by atoms with E-state index in [0.717, 1.165) is 0 Å². The molecule has 7 heteroatoms. The summed E-state index contributed by atoms with van der Waals surface area (Å²) in [5.41, 5.74) is -0.127. The molecule has 2 amide bonds. The van der Waals surface area contributed by atoms with Crippen molar-refractivity contribution < 1.29 is 14.0 Å². The lowest BCUT2D eigenvalue weighted by atomic mass is 9.79. The summed E-state index contributed by atoms with van der Waals surface area (Å²) in [6.45, 7) is 0. The quantitative estimate of drug-likeness (QED) is 0.636. The lowest BCUT2D eigenvalue weighted by Crippen LogP contribution is -2.67. The fourth-order valence-electron chi connectivity index (χ4n) is 3.23. The molecule has 2 aromatic carbocycles. The van der Waals surface area contributed by atoms with Crippen LogP contribution in [0.3, 0.4) is 0 Å². The van der Waals surface area contributed by atoms with Gasteiger partial charge in [-0.25, -0.2) is 0 Å². The molecule has 1 aromatic heterocycles. The number of β-lactam (4-membered cyclic amide) rings is 1. The van der Waals surface area contributed by atoms with E-state index in [0.29, 0.717) is 27.2 Å². The number of furan rings is 1. The van der Waals surface area contributed by atoms with Crippen LogP contribution in [0, 0.1) is 0 Å². The van der Waals surface area contributed by atoms with Gasteiger partial charge in [-0.15, -0.1) is 0 Å². The Labute approximate surface area is 165 Å². The van der Waals surface area contributed by atoms with Crippen LogP contribution in [0.1, 0.15) is 12.2 Å². The molecule has 0 saturated carbocycles. The summed E-state index contributed by atoms with van der Waals surface area (Å²) in [4.78, 5) is 27.2. The summed E-state index contributed by atoms with van der Waals surface area (Å²) in [6, 6.07) is 16.9. The van der Waals surface area contributed by atoms with Crippen molar-refractivity contribution in [3.05, 3.63) is 82.7 Å². The molecule has 1 aliphatic heterocycles. The maximum Gasteiger partial charge on any atom is 0.259 e. The van der Waals surface area contributed by atoms with E-state index < -0.39 is 5.54 Å². The minimum absolute atomic E-state index is 0.00254. The summed E-state index contributed by atoms with van der Waals surface area (Å²) < 4.78 is 5.54. The third-order valence-corrected chi connectivity index (χ3v) is 5.03. The lowest BCUT2D eigenvalue weighted by molar-refractivity contribution is -0.138. The second kappa shape index (κ2) is 6.76. The second-order valence-electron chi connectivity index (χ2n) is 6.18. The second-order valence-corrected chi connectivity index (χ2v) is 7.05. The van der Waals surface area contributed by atoms with Crippen LogP contribution >= 0.6 is 23.2 Å². The van der Waals surface area contributed by atoms with Crippen LogP contribution in [0.25, 0.3) is 0 Å². The normalized spacial score (nSPS) is 18.9. The summed E-state index contributed by atoms with van der Waals surface area (Å²) in [5, 5.41) is 3.96. The van der Waals surface area contributed by atoms with Crippen LogP contribution in [-0.4, -0.2) is 11.8 Å². The van der Waals surface area contributed by atoms with Crippen LogP contribution in [0.4, 0.5) is 11.4 Å². The molecule has 1 unspecified atom stereocenters. The Morgan fingerprint density at radius 1 is 1.00 bits per heavy atom. The number of amides is 2. The molecule has 0 aliphatic carbocycles. The maximum atomic E-state index is 13.3. The molecule has 4 rings (SSSR count). The van der Waals surface area contributed by atoms with Gasteiger partial charge in [-0.3, -0.25) is 14.5 Å². The van der Waals surface area contributed by atoms with Gasteiger partial charge in [0, 0.05) is 21.4 Å². The van der Waals surface area contributed by atoms with Gasteiger partial charge < -0.3 is 9.73 Å². The predicted octanol–water partition coefficient (Wildman–Crippen LogP) is 4.86. The van der Waals surface area contributed by atoms with Crippen LogP contribution in [0.15, 0.2) is 71.3 Å². The number of benzene rings is 2. The van der Waals surface area contributed by atoms with Gasteiger partial charge in [0.2, 0.25) is 5.91 Å². The first-order valence-electron chi connectivity index (χ1n) is 8.20. The van der Waals surface area contributed by atoms with Crippen LogP contribution in [-0.2, 0) is 15.1 Å². The number of rotatable bonds is 4. The van der Waals surface area contributed by atoms with Gasteiger partial charge in [0.05, 0.1) is 12.7 Å². The standard InChI is InChI=1S/C20H14Cl2N2O3/c21-13-3-7-15(8-4-13)23-19(26)20(17-2-1-11-27-17)12-18(25)24(20)16-9-5-14(22)6-10-16/h1-11H,12H2,(H,23,26). The number of nitrogens with one attached hydrogen (secondary N) is 1. The van der Waals surface area contributed by atoms with Crippen molar-refractivity contribution in [2.75, 3.05) is 10.2 Å². The molecule has 1 aliphatic rings. The third kappa shape index (κ3) is 2.99. The highest BCUT2D eigenvalue weighted by Gasteiger charge is 2.60. The number of carbonyl (C=O) groups excluding carboxylic acids is 2. The summed E-state index contributed by atoms with van der Waals surface area (Å²) in [7, 11) is 0. The maximum absolute atomic E-state index is 13.3. The molecule has 5 nitrogen and oxygen atoms in total. The molecule has 1 saturated heterocycles. The summed E-state index contributed by atoms with van der Waals surface area (Å²) in [5.74, 6) is -0.155.